The number of hydrogen-bond acceptors (Lipinski definition) is 3. The zero-order chi connectivity index (χ0) is 24.8. The Morgan fingerprint density at radius 2 is 1.94 bits per heavy atom. The topological polar surface area (TPSA) is 76.0 Å². The third kappa shape index (κ3) is 4.47. The van der Waals surface area contributed by atoms with E-state index in [0.717, 1.165) is 12.1 Å². The van der Waals surface area contributed by atoms with Crippen molar-refractivity contribution < 1.29 is 31.5 Å². The van der Waals surface area contributed by atoms with Crippen molar-refractivity contribution in [1.82, 2.24) is 14.9 Å². The van der Waals surface area contributed by atoms with Gasteiger partial charge in [-0.05, 0) is 36.4 Å². The van der Waals surface area contributed by atoms with Crippen LogP contribution in [0.3, 0.4) is 0 Å². The van der Waals surface area contributed by atoms with Crippen LogP contribution in [0.25, 0.3) is 0 Å². The molecule has 12 heteroatoms. The smallest absolute Gasteiger partial charge is 0.342 e. The maximum Gasteiger partial charge on any atom is 0.416 e. The number of amides is 2. The molecular weight excluding hydrogens is 483 g/mol. The maximum atomic E-state index is 14.0. The first-order valence-corrected chi connectivity index (χ1v) is 10.4. The Labute approximate surface area is 194 Å². The molecule has 2 N–H and O–H groups in total. The second kappa shape index (κ2) is 8.71. The summed E-state index contributed by atoms with van der Waals surface area (Å²) in [6.45, 7) is 1.60. The monoisotopic (exact) mass is 498 g/mol. The highest BCUT2D eigenvalue weighted by atomic mass is 35.5. The maximum absolute atomic E-state index is 14.0. The van der Waals surface area contributed by atoms with E-state index >= 15 is 0 Å². The van der Waals surface area contributed by atoms with Gasteiger partial charge in [-0.2, -0.15) is 13.2 Å². The fourth-order valence-corrected chi connectivity index (χ4v) is 4.01. The zero-order valence-electron chi connectivity index (χ0n) is 17.4. The Balaban J connectivity index is 1.79. The molecule has 0 saturated heterocycles. The zero-order valence-corrected chi connectivity index (χ0v) is 18.2. The van der Waals surface area contributed by atoms with Crippen molar-refractivity contribution in [3.8, 4) is 0 Å². The van der Waals surface area contributed by atoms with Crippen molar-refractivity contribution in [1.29, 1.82) is 0 Å². The van der Waals surface area contributed by atoms with Crippen LogP contribution in [0.1, 0.15) is 46.0 Å². The number of imidazole rings is 1. The summed E-state index contributed by atoms with van der Waals surface area (Å²) in [6.07, 6.45) is -4.51. The van der Waals surface area contributed by atoms with Crippen LogP contribution in [0.4, 0.5) is 27.8 Å². The highest BCUT2D eigenvalue weighted by Gasteiger charge is 2.35. The molecule has 0 saturated carbocycles. The van der Waals surface area contributed by atoms with Gasteiger partial charge in [0.15, 0.2) is 5.82 Å². The molecule has 0 unspecified atom stereocenters. The molecule has 178 valence electrons. The number of nitrogens with one attached hydrogen (secondary N) is 2. The SMILES string of the molecule is CCc1nc(NC(=O)c2cc(F)cc(C(F)(F)F)c2)c2n1CC(=O)N[C@@H]2c1cc(F)ccc1Cl. The van der Waals surface area contributed by atoms with Gasteiger partial charge in [-0.1, -0.05) is 18.5 Å². The molecule has 0 aliphatic carbocycles. The van der Waals surface area contributed by atoms with Crippen LogP contribution >= 0.6 is 11.6 Å². The Bertz CT molecular complexity index is 1310. The normalized spacial score (nSPS) is 15.6. The molecule has 0 spiro atoms. The summed E-state index contributed by atoms with van der Waals surface area (Å²) in [4.78, 5) is 29.5. The van der Waals surface area contributed by atoms with E-state index in [-0.39, 0.29) is 34.7 Å². The Morgan fingerprint density at radius 1 is 1.21 bits per heavy atom. The van der Waals surface area contributed by atoms with Gasteiger partial charge in [0.05, 0.1) is 17.3 Å². The Hall–Kier alpha value is -3.47. The molecule has 1 aliphatic rings. The number of fused-ring (bicyclic) bond motifs is 1. The van der Waals surface area contributed by atoms with E-state index < -0.39 is 46.8 Å². The van der Waals surface area contributed by atoms with Crippen LogP contribution in [-0.2, 0) is 23.9 Å². The van der Waals surface area contributed by atoms with Crippen molar-refractivity contribution in [2.75, 3.05) is 5.32 Å². The van der Waals surface area contributed by atoms with Crippen LogP contribution in [0, 0.1) is 11.6 Å². The molecule has 6 nitrogen and oxygen atoms in total. The molecule has 1 atom stereocenters. The molecule has 2 aromatic carbocycles. The minimum Gasteiger partial charge on any atom is -0.342 e. The molecule has 2 heterocycles. The molecule has 1 aromatic heterocycles. The van der Waals surface area contributed by atoms with Gasteiger partial charge in [-0.25, -0.2) is 13.8 Å². The molecule has 4 rings (SSSR count). The fraction of sp³-hybridized carbons (Fsp3) is 0.227. The summed E-state index contributed by atoms with van der Waals surface area (Å²) in [7, 11) is 0. The number of halogens is 6. The number of hydrogen-bond donors (Lipinski definition) is 2. The summed E-state index contributed by atoms with van der Waals surface area (Å²) in [5.74, 6) is -3.00. The molecule has 2 amide bonds. The summed E-state index contributed by atoms with van der Waals surface area (Å²) in [5, 5.41) is 5.21. The fourth-order valence-electron chi connectivity index (χ4n) is 3.79. The predicted octanol–water partition coefficient (Wildman–Crippen LogP) is 4.87. The van der Waals surface area contributed by atoms with E-state index in [1.54, 1.807) is 6.92 Å². The lowest BCUT2D eigenvalue weighted by Gasteiger charge is -2.28. The average Bonchev–Trinajstić information content (AvgIpc) is 3.11. The Kier molecular flexibility index (Phi) is 6.07. The summed E-state index contributed by atoms with van der Waals surface area (Å²) in [5.41, 5.74) is -1.45. The molecular formula is C22H16ClF5N4O2. The number of rotatable bonds is 4. The largest absolute Gasteiger partial charge is 0.416 e. The number of aromatic nitrogens is 2. The standard InChI is InChI=1S/C22H16ClF5N4O2/c1-2-16-29-20(31-21(34)10-5-11(22(26,27)28)7-13(25)6-10)19-18(30-17(33)9-32(16)19)14-8-12(24)3-4-15(14)23/h3-8,18H,2,9H2,1H3,(H,30,33)(H,31,34)/t18-/m1/s1. The van der Waals surface area contributed by atoms with Gasteiger partial charge >= 0.3 is 6.18 Å². The number of alkyl halides is 3. The summed E-state index contributed by atoms with van der Waals surface area (Å²) >= 11 is 6.23. The lowest BCUT2D eigenvalue weighted by atomic mass is 10.0. The van der Waals surface area contributed by atoms with Crippen LogP contribution in [-0.4, -0.2) is 21.4 Å². The lowest BCUT2D eigenvalue weighted by molar-refractivity contribution is -0.137. The quantitative estimate of drug-likeness (QED) is 0.504. The van der Waals surface area contributed by atoms with E-state index in [1.807, 2.05) is 0 Å². The van der Waals surface area contributed by atoms with Crippen molar-refractivity contribution in [3.05, 3.63) is 81.3 Å². The van der Waals surface area contributed by atoms with Gasteiger partial charge in [0.2, 0.25) is 5.91 Å². The van der Waals surface area contributed by atoms with E-state index in [0.29, 0.717) is 24.4 Å². The average molecular weight is 499 g/mol. The van der Waals surface area contributed by atoms with E-state index in [2.05, 4.69) is 15.6 Å². The second-order valence-corrected chi connectivity index (χ2v) is 7.96. The van der Waals surface area contributed by atoms with Crippen LogP contribution in [0.2, 0.25) is 5.02 Å². The minimum absolute atomic E-state index is 0.0787. The van der Waals surface area contributed by atoms with Crippen LogP contribution in [0.15, 0.2) is 36.4 Å². The van der Waals surface area contributed by atoms with Crippen molar-refractivity contribution in [3.63, 3.8) is 0 Å². The number of nitrogens with zero attached hydrogens (tertiary/aromatic N) is 2. The minimum atomic E-state index is -4.86. The number of aryl methyl sites for hydroxylation is 1. The molecule has 0 fully saturated rings. The van der Waals surface area contributed by atoms with Crippen molar-refractivity contribution in [2.45, 2.75) is 32.1 Å². The molecule has 34 heavy (non-hydrogen) atoms. The summed E-state index contributed by atoms with van der Waals surface area (Å²) < 4.78 is 68.5. The molecule has 0 bridgehead atoms. The van der Waals surface area contributed by atoms with Gasteiger partial charge in [0, 0.05) is 22.6 Å². The van der Waals surface area contributed by atoms with Crippen LogP contribution in [0.5, 0.6) is 0 Å². The lowest BCUT2D eigenvalue weighted by Crippen LogP contribution is -2.40. The molecule has 0 radical (unpaired) electrons. The first-order chi connectivity index (χ1) is 16.0. The second-order valence-electron chi connectivity index (χ2n) is 7.55. The third-order valence-corrected chi connectivity index (χ3v) is 5.62. The predicted molar refractivity (Wildman–Crippen MR) is 112 cm³/mol. The molecule has 3 aromatic rings. The first kappa shape index (κ1) is 23.7. The van der Waals surface area contributed by atoms with E-state index in [9.17, 15) is 31.5 Å². The number of benzene rings is 2. The van der Waals surface area contributed by atoms with Gasteiger partial charge in [0.25, 0.3) is 5.91 Å². The number of carbonyl (C=O) groups is 2. The Morgan fingerprint density at radius 3 is 2.62 bits per heavy atom. The van der Waals surface area contributed by atoms with Crippen molar-refractivity contribution in [2.24, 2.45) is 0 Å². The first-order valence-electron chi connectivity index (χ1n) is 10.0. The van der Waals surface area contributed by atoms with Crippen LogP contribution < -0.4 is 10.6 Å². The van der Waals surface area contributed by atoms with Gasteiger partial charge in [0.1, 0.15) is 24.0 Å². The third-order valence-electron chi connectivity index (χ3n) is 5.27. The molecule has 1 aliphatic heterocycles. The number of carbonyl (C=O) groups excluding carboxylic acids is 2. The van der Waals surface area contributed by atoms with E-state index in [1.165, 1.54) is 10.6 Å². The van der Waals surface area contributed by atoms with Gasteiger partial charge < -0.3 is 15.2 Å². The van der Waals surface area contributed by atoms with Crippen molar-refractivity contribution >= 4 is 29.2 Å². The highest BCUT2D eigenvalue weighted by Crippen LogP contribution is 2.36. The van der Waals surface area contributed by atoms with Gasteiger partial charge in [-0.15, -0.1) is 0 Å². The summed E-state index contributed by atoms with van der Waals surface area (Å²) in [6, 6.07) is 4.01. The van der Waals surface area contributed by atoms with E-state index in [4.69, 9.17) is 11.6 Å². The van der Waals surface area contributed by atoms with Gasteiger partial charge in [-0.3, -0.25) is 9.59 Å². The number of anilines is 1. The highest BCUT2D eigenvalue weighted by molar-refractivity contribution is 6.31.